The van der Waals surface area contributed by atoms with Crippen LogP contribution in [0.2, 0.25) is 5.15 Å². The van der Waals surface area contributed by atoms with Crippen molar-refractivity contribution in [3.63, 3.8) is 0 Å². The number of hydrogen-bond acceptors (Lipinski definition) is 3. The van der Waals surface area contributed by atoms with E-state index in [0.717, 1.165) is 23.1 Å². The topological polar surface area (TPSA) is 72.2 Å². The van der Waals surface area contributed by atoms with E-state index in [9.17, 15) is 14.7 Å². The summed E-state index contributed by atoms with van der Waals surface area (Å²) in [5, 5.41) is 13.7. The molecule has 2 rings (SSSR count). The van der Waals surface area contributed by atoms with Gasteiger partial charge in [-0.2, -0.15) is 5.10 Å². The Morgan fingerprint density at radius 1 is 1.50 bits per heavy atom. The first-order valence-corrected chi connectivity index (χ1v) is 7.22. The molecule has 20 heavy (non-hydrogen) atoms. The van der Waals surface area contributed by atoms with E-state index in [4.69, 9.17) is 11.6 Å². The molecule has 1 aliphatic rings. The first-order valence-electron chi connectivity index (χ1n) is 6.84. The maximum absolute atomic E-state index is 12.4. The second-order valence-electron chi connectivity index (χ2n) is 5.84. The largest absolute Gasteiger partial charge is 0.480 e. The van der Waals surface area contributed by atoms with Gasteiger partial charge in [-0.1, -0.05) is 25.4 Å². The third-order valence-electron chi connectivity index (χ3n) is 3.61. The van der Waals surface area contributed by atoms with Gasteiger partial charge in [-0.3, -0.25) is 4.79 Å². The minimum absolute atomic E-state index is 0.145. The highest BCUT2D eigenvalue weighted by atomic mass is 35.5. The van der Waals surface area contributed by atoms with Gasteiger partial charge in [-0.05, 0) is 38.0 Å². The minimum atomic E-state index is -1.05. The van der Waals surface area contributed by atoms with Gasteiger partial charge in [0.05, 0.1) is 0 Å². The molecule has 0 aromatic carbocycles. The molecular formula is C14H19ClN2O3. The van der Waals surface area contributed by atoms with Crippen LogP contribution in [0.3, 0.4) is 0 Å². The smallest absolute Gasteiger partial charge is 0.328 e. The van der Waals surface area contributed by atoms with E-state index in [-0.39, 0.29) is 16.6 Å². The maximum atomic E-state index is 12.4. The normalized spacial score (nSPS) is 16.4. The average molecular weight is 299 g/mol. The number of carboxylic acid groups (broad SMARTS) is 1. The molecule has 1 aromatic rings. The van der Waals surface area contributed by atoms with Crippen molar-refractivity contribution in [2.45, 2.75) is 52.0 Å². The third-order valence-corrected chi connectivity index (χ3v) is 3.89. The first kappa shape index (κ1) is 15.0. The summed E-state index contributed by atoms with van der Waals surface area (Å²) in [7, 11) is 0. The predicted molar refractivity (Wildman–Crippen MR) is 76.3 cm³/mol. The Labute approximate surface area is 122 Å². The molecule has 0 radical (unpaired) electrons. The van der Waals surface area contributed by atoms with E-state index in [2.05, 4.69) is 5.10 Å². The second-order valence-corrected chi connectivity index (χ2v) is 6.20. The van der Waals surface area contributed by atoms with E-state index in [1.165, 1.54) is 0 Å². The fraction of sp³-hybridized carbons (Fsp3) is 0.643. The van der Waals surface area contributed by atoms with Crippen molar-refractivity contribution >= 4 is 17.6 Å². The number of nitrogens with zero attached hydrogens (tertiary/aromatic N) is 2. The maximum Gasteiger partial charge on any atom is 0.328 e. The van der Waals surface area contributed by atoms with Gasteiger partial charge in [0.2, 0.25) is 0 Å². The van der Waals surface area contributed by atoms with E-state index >= 15 is 0 Å². The van der Waals surface area contributed by atoms with Crippen molar-refractivity contribution in [1.82, 2.24) is 9.78 Å². The summed E-state index contributed by atoms with van der Waals surface area (Å²) in [6.07, 6.45) is 2.38. The van der Waals surface area contributed by atoms with E-state index < -0.39 is 12.0 Å². The Balaban J connectivity index is 2.50. The van der Waals surface area contributed by atoms with Crippen LogP contribution in [0, 0.1) is 12.8 Å². The van der Waals surface area contributed by atoms with Crippen LogP contribution in [0.5, 0.6) is 0 Å². The standard InChI is InChI=1S/C14H19ClN2O3/c1-7(2)6-10(14(19)20)17-13(18)8(3)11(9-4-5-9)12(15)16-17/h7,9-10H,4-6H2,1-3H3,(H,19,20). The fourth-order valence-electron chi connectivity index (χ4n) is 2.45. The summed E-state index contributed by atoms with van der Waals surface area (Å²) < 4.78 is 1.03. The van der Waals surface area contributed by atoms with E-state index in [0.29, 0.717) is 17.9 Å². The van der Waals surface area contributed by atoms with Crippen molar-refractivity contribution < 1.29 is 9.90 Å². The highest BCUT2D eigenvalue weighted by Gasteiger charge is 2.32. The monoisotopic (exact) mass is 298 g/mol. The number of aromatic nitrogens is 2. The summed E-state index contributed by atoms with van der Waals surface area (Å²) in [5.74, 6) is -0.597. The number of carbonyl (C=O) groups is 1. The van der Waals surface area contributed by atoms with Crippen LogP contribution in [0.25, 0.3) is 0 Å². The van der Waals surface area contributed by atoms with Gasteiger partial charge in [0.25, 0.3) is 5.56 Å². The Hall–Kier alpha value is -1.36. The molecule has 0 amide bonds. The van der Waals surface area contributed by atoms with Crippen molar-refractivity contribution in [2.24, 2.45) is 5.92 Å². The molecule has 1 fully saturated rings. The molecule has 1 heterocycles. The molecule has 1 atom stereocenters. The summed E-state index contributed by atoms with van der Waals surface area (Å²) in [6, 6.07) is -0.966. The van der Waals surface area contributed by atoms with Gasteiger partial charge < -0.3 is 5.11 Å². The average Bonchev–Trinajstić information content (AvgIpc) is 3.15. The first-order chi connectivity index (χ1) is 9.32. The van der Waals surface area contributed by atoms with Gasteiger partial charge >= 0.3 is 5.97 Å². The van der Waals surface area contributed by atoms with Crippen molar-refractivity contribution in [2.75, 3.05) is 0 Å². The number of halogens is 1. The molecule has 6 heteroatoms. The van der Waals surface area contributed by atoms with E-state index in [1.54, 1.807) is 6.92 Å². The Morgan fingerprint density at radius 2 is 2.10 bits per heavy atom. The molecule has 0 saturated heterocycles. The molecule has 0 spiro atoms. The molecule has 1 saturated carbocycles. The third kappa shape index (κ3) is 2.87. The molecule has 0 aliphatic heterocycles. The molecule has 1 N–H and O–H groups in total. The lowest BCUT2D eigenvalue weighted by molar-refractivity contribution is -0.141. The Morgan fingerprint density at radius 3 is 2.55 bits per heavy atom. The van der Waals surface area contributed by atoms with Crippen molar-refractivity contribution in [1.29, 1.82) is 0 Å². The van der Waals surface area contributed by atoms with Crippen LogP contribution >= 0.6 is 11.6 Å². The minimum Gasteiger partial charge on any atom is -0.480 e. The van der Waals surface area contributed by atoms with Crippen LogP contribution in [0.4, 0.5) is 0 Å². The highest BCUT2D eigenvalue weighted by molar-refractivity contribution is 6.30. The lowest BCUT2D eigenvalue weighted by Gasteiger charge is -2.18. The van der Waals surface area contributed by atoms with Crippen LogP contribution in [-0.2, 0) is 4.79 Å². The quantitative estimate of drug-likeness (QED) is 0.907. The molecule has 0 bridgehead atoms. The van der Waals surface area contributed by atoms with Crippen LogP contribution < -0.4 is 5.56 Å². The summed E-state index contributed by atoms with van der Waals surface area (Å²) in [5.41, 5.74) is 0.980. The van der Waals surface area contributed by atoms with Gasteiger partial charge in [0.1, 0.15) is 0 Å². The van der Waals surface area contributed by atoms with Gasteiger partial charge in [-0.25, -0.2) is 9.48 Å². The SMILES string of the molecule is Cc1c(C2CC2)c(Cl)nn(C(CC(C)C)C(=O)O)c1=O. The summed E-state index contributed by atoms with van der Waals surface area (Å²) in [4.78, 5) is 23.8. The number of aliphatic carboxylic acids is 1. The predicted octanol–water partition coefficient (Wildman–Crippen LogP) is 2.75. The van der Waals surface area contributed by atoms with Gasteiger partial charge in [-0.15, -0.1) is 0 Å². The lowest BCUT2D eigenvalue weighted by atomic mass is 10.0. The van der Waals surface area contributed by atoms with Crippen molar-refractivity contribution in [3.8, 4) is 0 Å². The number of carboxylic acids is 1. The van der Waals surface area contributed by atoms with Gasteiger partial charge in [0, 0.05) is 11.1 Å². The second kappa shape index (κ2) is 5.56. The van der Waals surface area contributed by atoms with Crippen LogP contribution in [0.1, 0.15) is 56.2 Å². The number of hydrogen-bond donors (Lipinski definition) is 1. The molecule has 5 nitrogen and oxygen atoms in total. The zero-order chi connectivity index (χ0) is 15.0. The highest BCUT2D eigenvalue weighted by Crippen LogP contribution is 2.43. The summed E-state index contributed by atoms with van der Waals surface area (Å²) >= 11 is 6.16. The van der Waals surface area contributed by atoms with Crippen LogP contribution in [0.15, 0.2) is 4.79 Å². The van der Waals surface area contributed by atoms with E-state index in [1.807, 2.05) is 13.8 Å². The molecule has 1 unspecified atom stereocenters. The molecular weight excluding hydrogens is 280 g/mol. The zero-order valence-corrected chi connectivity index (χ0v) is 12.6. The Bertz CT molecular complexity index is 591. The van der Waals surface area contributed by atoms with Gasteiger partial charge in [0.15, 0.2) is 11.2 Å². The molecule has 1 aliphatic carbocycles. The number of rotatable bonds is 5. The lowest BCUT2D eigenvalue weighted by Crippen LogP contribution is -2.35. The fourth-order valence-corrected chi connectivity index (χ4v) is 2.82. The summed E-state index contributed by atoms with van der Waals surface area (Å²) in [6.45, 7) is 5.52. The zero-order valence-electron chi connectivity index (χ0n) is 11.9. The molecule has 110 valence electrons. The Kier molecular flexibility index (Phi) is 4.18. The van der Waals surface area contributed by atoms with Crippen molar-refractivity contribution in [3.05, 3.63) is 26.6 Å². The molecule has 1 aromatic heterocycles. The van der Waals surface area contributed by atoms with Crippen LogP contribution in [-0.4, -0.2) is 20.9 Å².